The van der Waals surface area contributed by atoms with E-state index in [-0.39, 0.29) is 36.9 Å². The Morgan fingerprint density at radius 3 is 1.94 bits per heavy atom. The molecule has 0 bridgehead atoms. The molecule has 0 aromatic carbocycles. The van der Waals surface area contributed by atoms with Crippen molar-refractivity contribution in [3.63, 3.8) is 0 Å². The highest BCUT2D eigenvalue weighted by molar-refractivity contribution is 5.80. The van der Waals surface area contributed by atoms with E-state index in [4.69, 9.17) is 28.4 Å². The Hall–Kier alpha value is -1.43. The summed E-state index contributed by atoms with van der Waals surface area (Å²) in [7, 11) is 0. The van der Waals surface area contributed by atoms with E-state index in [0.29, 0.717) is 32.1 Å². The van der Waals surface area contributed by atoms with Crippen molar-refractivity contribution in [2.75, 3.05) is 19.8 Å². The zero-order valence-corrected chi connectivity index (χ0v) is 38.1. The molecule has 64 heavy (non-hydrogen) atoms. The van der Waals surface area contributed by atoms with Crippen LogP contribution < -0.4 is 0 Å². The molecule has 0 spiro atoms. The maximum atomic E-state index is 14.6. The SMILES string of the molecule is CC1(C)CC[C@]2(C(=O)O[C@@H]3OC[C@@H](O)[C@H](O)[C@H]3O)[C@H](O)C[C@]3(C)C(=CC[C@@H]4[C@@]5(C)C[C@H](O)[C@H](O[C@@H]6O[C@H](CO[C@@H]7OC[C@H](O)[C@H](O)[C@H]7O)[C@@H](O)[C@H](O)[C@H]6O)C(C)(C)[C@@H]5CC[C@]43C)[C@@H]2C1. The van der Waals surface area contributed by atoms with Crippen molar-refractivity contribution in [1.82, 2.24) is 0 Å². The first-order chi connectivity index (χ1) is 29.7. The van der Waals surface area contributed by atoms with Crippen molar-refractivity contribution in [2.24, 2.45) is 50.2 Å². The van der Waals surface area contributed by atoms with E-state index in [1.54, 1.807) is 0 Å². The van der Waals surface area contributed by atoms with Gasteiger partial charge in [-0.15, -0.1) is 0 Å². The molecule has 0 aromatic rings. The second-order valence-electron chi connectivity index (χ2n) is 22.9. The van der Waals surface area contributed by atoms with E-state index in [1.165, 1.54) is 0 Å². The predicted octanol–water partition coefficient (Wildman–Crippen LogP) is -0.640. The van der Waals surface area contributed by atoms with E-state index in [2.05, 4.69) is 40.7 Å². The molecule has 3 saturated heterocycles. The third-order valence-electron chi connectivity index (χ3n) is 18.5. The highest BCUT2D eigenvalue weighted by Gasteiger charge is 2.72. The Bertz CT molecular complexity index is 1760. The van der Waals surface area contributed by atoms with Crippen LogP contribution in [-0.4, -0.2) is 180 Å². The van der Waals surface area contributed by atoms with E-state index in [9.17, 15) is 61.0 Å². The van der Waals surface area contributed by atoms with Gasteiger partial charge in [-0.2, -0.15) is 0 Å². The lowest BCUT2D eigenvalue weighted by atomic mass is 9.33. The van der Waals surface area contributed by atoms with Crippen molar-refractivity contribution >= 4 is 5.97 Å². The smallest absolute Gasteiger partial charge is 0.317 e. The molecule has 8 aliphatic rings. The molecule has 3 heterocycles. The molecule has 0 unspecified atom stereocenters. The number of hydrogen-bond donors (Lipinski definition) is 11. The van der Waals surface area contributed by atoms with Crippen molar-refractivity contribution in [3.05, 3.63) is 11.6 Å². The van der Waals surface area contributed by atoms with E-state index in [0.717, 1.165) is 18.4 Å². The number of rotatable bonds is 7. The van der Waals surface area contributed by atoms with Crippen LogP contribution in [0.15, 0.2) is 11.6 Å². The van der Waals surface area contributed by atoms with Gasteiger partial charge in [-0.1, -0.05) is 60.1 Å². The number of carbonyl (C=O) groups is 1. The summed E-state index contributed by atoms with van der Waals surface area (Å²) >= 11 is 0. The molecule has 5 aliphatic carbocycles. The topological polar surface area (TPSA) is 295 Å². The van der Waals surface area contributed by atoms with Crippen molar-refractivity contribution in [2.45, 2.75) is 198 Å². The monoisotopic (exact) mass is 914 g/mol. The lowest BCUT2D eigenvalue weighted by Gasteiger charge is -2.72. The van der Waals surface area contributed by atoms with Crippen LogP contribution in [0, 0.1) is 50.2 Å². The highest BCUT2D eigenvalue weighted by Crippen LogP contribution is 2.76. The normalized spacial score (nSPS) is 54.6. The number of esters is 1. The van der Waals surface area contributed by atoms with Crippen LogP contribution >= 0.6 is 0 Å². The highest BCUT2D eigenvalue weighted by atomic mass is 16.7. The molecular weight excluding hydrogens is 840 g/mol. The Balaban J connectivity index is 1.03. The van der Waals surface area contributed by atoms with Gasteiger partial charge in [0, 0.05) is 0 Å². The first-order valence-electron chi connectivity index (χ1n) is 23.3. The maximum absolute atomic E-state index is 14.6. The van der Waals surface area contributed by atoms with Crippen LogP contribution in [0.4, 0.5) is 0 Å². The molecule has 366 valence electrons. The summed E-state index contributed by atoms with van der Waals surface area (Å²) in [6.45, 7) is 14.1. The van der Waals surface area contributed by atoms with Gasteiger partial charge in [0.25, 0.3) is 0 Å². The maximum Gasteiger partial charge on any atom is 0.317 e. The first kappa shape index (κ1) is 49.0. The summed E-state index contributed by atoms with van der Waals surface area (Å²) < 4.78 is 34.8. The Kier molecular flexibility index (Phi) is 13.0. The van der Waals surface area contributed by atoms with Crippen LogP contribution in [-0.2, 0) is 33.2 Å². The van der Waals surface area contributed by atoms with Crippen LogP contribution in [0.2, 0.25) is 0 Å². The molecule has 0 radical (unpaired) electrons. The summed E-state index contributed by atoms with van der Waals surface area (Å²) in [6, 6.07) is 0. The molecule has 7 fully saturated rings. The van der Waals surface area contributed by atoms with Crippen LogP contribution in [0.1, 0.15) is 99.8 Å². The minimum Gasteiger partial charge on any atom is -0.432 e. The Morgan fingerprint density at radius 2 is 1.28 bits per heavy atom. The number of hydrogen-bond acceptors (Lipinski definition) is 18. The largest absolute Gasteiger partial charge is 0.432 e. The number of carbonyl (C=O) groups excluding carboxylic acids is 1. The van der Waals surface area contributed by atoms with Gasteiger partial charge in [-0.25, -0.2) is 0 Å². The molecule has 4 saturated carbocycles. The van der Waals surface area contributed by atoms with Crippen molar-refractivity contribution in [3.8, 4) is 0 Å². The van der Waals surface area contributed by atoms with Crippen molar-refractivity contribution in [1.29, 1.82) is 0 Å². The number of ether oxygens (including phenoxy) is 6. The van der Waals surface area contributed by atoms with Crippen LogP contribution in [0.3, 0.4) is 0 Å². The lowest BCUT2D eigenvalue weighted by Crippen LogP contribution is -2.69. The fourth-order valence-electron chi connectivity index (χ4n) is 14.6. The molecule has 0 amide bonds. The third-order valence-corrected chi connectivity index (χ3v) is 18.5. The van der Waals surface area contributed by atoms with Crippen LogP contribution in [0.25, 0.3) is 0 Å². The summed E-state index contributed by atoms with van der Waals surface area (Å²) in [5, 5.41) is 119. The molecule has 18 nitrogen and oxygen atoms in total. The lowest BCUT2D eigenvalue weighted by molar-refractivity contribution is -0.349. The minimum absolute atomic E-state index is 0.0147. The van der Waals surface area contributed by atoms with Crippen LogP contribution in [0.5, 0.6) is 0 Å². The number of allylic oxidation sites excluding steroid dienone is 2. The first-order valence-corrected chi connectivity index (χ1v) is 23.3. The van der Waals surface area contributed by atoms with E-state index < -0.39 is 144 Å². The second-order valence-corrected chi connectivity index (χ2v) is 22.9. The molecule has 23 atom stereocenters. The zero-order valence-electron chi connectivity index (χ0n) is 38.1. The summed E-state index contributed by atoms with van der Waals surface area (Å²) in [5.74, 6) is -1.07. The summed E-state index contributed by atoms with van der Waals surface area (Å²) in [5.41, 5.74) is -2.53. The molecule has 11 N–H and O–H groups in total. The van der Waals surface area contributed by atoms with Crippen molar-refractivity contribution < 1.29 is 89.4 Å². The van der Waals surface area contributed by atoms with Gasteiger partial charge >= 0.3 is 5.97 Å². The fourth-order valence-corrected chi connectivity index (χ4v) is 14.6. The standard InChI is InChI=1S/C46H74O18/c1-41(2)12-13-46(40(58)64-38-34(56)30(52)24(49)18-60-38)21(14-41)20-8-9-27-43(5)15-22(47)36(42(3,4)26(43)10-11-44(27,6)45(20,7)16-28(46)50)63-39-35(57)32(54)31(53)25(62-39)19-61-37-33(55)29(51)23(48)17-59-37/h8,21-39,47-57H,9-19H2,1-7H3/t21-,22-,23-,24+,25+,26-,27+,28+,29-,30-,31+,32-,33+,34+,35+,36-,37-,38-,39-,43-,44+,45+,46+/m0/s1. The fraction of sp³-hybridized carbons (Fsp3) is 0.935. The molecule has 0 aromatic heterocycles. The van der Waals surface area contributed by atoms with Gasteiger partial charge in [0.05, 0.1) is 38.1 Å². The Morgan fingerprint density at radius 1 is 0.672 bits per heavy atom. The van der Waals surface area contributed by atoms with Gasteiger partial charge in [-0.05, 0) is 96.2 Å². The van der Waals surface area contributed by atoms with Gasteiger partial charge in [0.1, 0.15) is 66.5 Å². The average Bonchev–Trinajstić information content (AvgIpc) is 3.21. The average molecular weight is 915 g/mol. The summed E-state index contributed by atoms with van der Waals surface area (Å²) in [6.07, 6.45) is -16.1. The number of aliphatic hydroxyl groups excluding tert-OH is 11. The van der Waals surface area contributed by atoms with E-state index in [1.807, 2.05) is 13.8 Å². The van der Waals surface area contributed by atoms with Gasteiger partial charge < -0.3 is 84.6 Å². The zero-order chi connectivity index (χ0) is 46.9. The van der Waals surface area contributed by atoms with Gasteiger partial charge in [0.15, 0.2) is 12.6 Å². The molecular formula is C46H74O18. The quantitative estimate of drug-likeness (QED) is 0.0860. The van der Waals surface area contributed by atoms with Gasteiger partial charge in [0.2, 0.25) is 6.29 Å². The van der Waals surface area contributed by atoms with E-state index >= 15 is 0 Å². The predicted molar refractivity (Wildman–Crippen MR) is 221 cm³/mol. The molecule has 18 heteroatoms. The Labute approximate surface area is 374 Å². The number of fused-ring (bicyclic) bond motifs is 7. The third kappa shape index (κ3) is 7.48. The summed E-state index contributed by atoms with van der Waals surface area (Å²) in [4.78, 5) is 14.6. The molecule has 3 aliphatic heterocycles. The number of aliphatic hydroxyl groups is 11. The second kappa shape index (κ2) is 16.9. The molecule has 8 rings (SSSR count). The minimum atomic E-state index is -1.72. The van der Waals surface area contributed by atoms with Gasteiger partial charge in [-0.3, -0.25) is 4.79 Å².